The minimum absolute atomic E-state index is 0.0286. The zero-order chi connectivity index (χ0) is 21.6. The molecule has 1 spiro atoms. The van der Waals surface area contributed by atoms with E-state index < -0.39 is 11.4 Å². The summed E-state index contributed by atoms with van der Waals surface area (Å²) < 4.78 is 32.4. The number of carbonyl (C=O) groups is 2. The third kappa shape index (κ3) is 3.69. The van der Waals surface area contributed by atoms with Crippen molar-refractivity contribution in [3.8, 4) is 5.75 Å². The summed E-state index contributed by atoms with van der Waals surface area (Å²) in [7, 11) is 0. The molecule has 6 rings (SSSR count). The summed E-state index contributed by atoms with van der Waals surface area (Å²) >= 11 is 0. The van der Waals surface area contributed by atoms with Gasteiger partial charge in [-0.2, -0.15) is 0 Å². The van der Waals surface area contributed by atoms with Crippen molar-refractivity contribution < 1.29 is 28.2 Å². The topological polar surface area (TPSA) is 77.1 Å². The number of halogens is 1. The maximum absolute atomic E-state index is 14.7. The SMILES string of the molecule is C[C@@H]1C[C@]2(COCC(=O)N2)[C@H]2CO[C@H]3CC[C@H](CC3)c3cccc(F)c3OCC(=O)N12. The lowest BCUT2D eigenvalue weighted by molar-refractivity contribution is -0.145. The molecule has 4 heterocycles. The fourth-order valence-corrected chi connectivity index (χ4v) is 5.93. The molecule has 1 saturated carbocycles. The van der Waals surface area contributed by atoms with Gasteiger partial charge in [-0.1, -0.05) is 12.1 Å². The van der Waals surface area contributed by atoms with Gasteiger partial charge in [-0.15, -0.1) is 0 Å². The Morgan fingerprint density at radius 2 is 1.97 bits per heavy atom. The number of morpholine rings is 1. The van der Waals surface area contributed by atoms with Gasteiger partial charge in [0.05, 0.1) is 30.9 Å². The Bertz CT molecular complexity index is 872. The zero-order valence-electron chi connectivity index (χ0n) is 17.8. The first-order valence-corrected chi connectivity index (χ1v) is 11.2. The van der Waals surface area contributed by atoms with E-state index in [0.29, 0.717) is 19.6 Å². The molecule has 7 nitrogen and oxygen atoms in total. The molecule has 1 aromatic carbocycles. The normalized spacial score (nSPS) is 36.0. The number of benzene rings is 1. The number of nitrogens with zero attached hydrogens (tertiary/aromatic N) is 1. The van der Waals surface area contributed by atoms with Crippen LogP contribution in [0.5, 0.6) is 5.75 Å². The molecule has 0 radical (unpaired) electrons. The summed E-state index contributed by atoms with van der Waals surface area (Å²) in [5.41, 5.74) is 0.159. The zero-order valence-corrected chi connectivity index (χ0v) is 17.8. The Labute approximate surface area is 181 Å². The average molecular weight is 432 g/mol. The first-order valence-electron chi connectivity index (χ1n) is 11.2. The van der Waals surface area contributed by atoms with Crippen LogP contribution in [0.3, 0.4) is 0 Å². The number of rotatable bonds is 0. The van der Waals surface area contributed by atoms with Gasteiger partial charge in [0.15, 0.2) is 18.2 Å². The van der Waals surface area contributed by atoms with Crippen molar-refractivity contribution in [1.29, 1.82) is 0 Å². The van der Waals surface area contributed by atoms with Crippen molar-refractivity contribution in [2.75, 3.05) is 26.4 Å². The number of hydrogen-bond donors (Lipinski definition) is 1. The van der Waals surface area contributed by atoms with E-state index in [1.165, 1.54) is 6.07 Å². The van der Waals surface area contributed by atoms with Gasteiger partial charge in [-0.3, -0.25) is 9.59 Å². The number of fused-ring (bicyclic) bond motifs is 5. The van der Waals surface area contributed by atoms with Gasteiger partial charge < -0.3 is 24.4 Å². The van der Waals surface area contributed by atoms with Crippen LogP contribution in [-0.4, -0.2) is 66.9 Å². The first-order chi connectivity index (χ1) is 15.0. The van der Waals surface area contributed by atoms with Crippen LogP contribution < -0.4 is 10.1 Å². The molecule has 8 heteroatoms. The van der Waals surface area contributed by atoms with Crippen molar-refractivity contribution in [1.82, 2.24) is 10.2 Å². The van der Waals surface area contributed by atoms with Gasteiger partial charge >= 0.3 is 0 Å². The van der Waals surface area contributed by atoms with Gasteiger partial charge in [0.2, 0.25) is 5.91 Å². The molecule has 5 aliphatic rings. The largest absolute Gasteiger partial charge is 0.480 e. The van der Waals surface area contributed by atoms with E-state index in [1.807, 2.05) is 13.0 Å². The minimum atomic E-state index is -0.676. The molecule has 168 valence electrons. The molecule has 31 heavy (non-hydrogen) atoms. The van der Waals surface area contributed by atoms with Crippen LogP contribution in [0.4, 0.5) is 4.39 Å². The van der Waals surface area contributed by atoms with Crippen molar-refractivity contribution in [3.63, 3.8) is 0 Å². The lowest BCUT2D eigenvalue weighted by Crippen LogP contribution is -2.65. The molecule has 3 fully saturated rings. The Kier molecular flexibility index (Phi) is 5.38. The van der Waals surface area contributed by atoms with E-state index in [-0.39, 0.29) is 54.9 Å². The van der Waals surface area contributed by atoms with E-state index in [2.05, 4.69) is 5.32 Å². The summed E-state index contributed by atoms with van der Waals surface area (Å²) in [6, 6.07) is 4.49. The highest BCUT2D eigenvalue weighted by molar-refractivity contribution is 5.81. The van der Waals surface area contributed by atoms with Gasteiger partial charge in [0.1, 0.15) is 6.61 Å². The molecular formula is C23H29FN2O5. The molecule has 0 aromatic heterocycles. The second-order valence-corrected chi connectivity index (χ2v) is 9.32. The number of hydrogen-bond acceptors (Lipinski definition) is 5. The Hall–Kier alpha value is -2.19. The van der Waals surface area contributed by atoms with Gasteiger partial charge in [-0.25, -0.2) is 4.39 Å². The highest BCUT2D eigenvalue weighted by Crippen LogP contribution is 2.41. The fourth-order valence-electron chi connectivity index (χ4n) is 5.93. The van der Waals surface area contributed by atoms with Gasteiger partial charge in [-0.05, 0) is 51.0 Å². The summed E-state index contributed by atoms with van der Waals surface area (Å²) in [5, 5.41) is 3.10. The van der Waals surface area contributed by atoms with Crippen molar-refractivity contribution in [2.24, 2.45) is 0 Å². The average Bonchev–Trinajstić information content (AvgIpc) is 3.01. The molecule has 1 aromatic rings. The summed E-state index contributed by atoms with van der Waals surface area (Å²) in [5.74, 6) is -0.472. The molecule has 2 bridgehead atoms. The highest BCUT2D eigenvalue weighted by Gasteiger charge is 2.55. The first kappa shape index (κ1) is 20.7. The Morgan fingerprint density at radius 3 is 2.74 bits per heavy atom. The Morgan fingerprint density at radius 1 is 1.16 bits per heavy atom. The van der Waals surface area contributed by atoms with Crippen LogP contribution >= 0.6 is 0 Å². The number of carbonyl (C=O) groups excluding carboxylic acids is 2. The van der Waals surface area contributed by atoms with E-state index in [4.69, 9.17) is 14.2 Å². The molecule has 4 aliphatic heterocycles. The van der Waals surface area contributed by atoms with Crippen LogP contribution in [0.25, 0.3) is 0 Å². The Balaban J connectivity index is 1.49. The van der Waals surface area contributed by atoms with Gasteiger partial charge in [0.25, 0.3) is 5.91 Å². The van der Waals surface area contributed by atoms with Crippen LogP contribution in [0, 0.1) is 5.82 Å². The molecule has 3 atom stereocenters. The maximum atomic E-state index is 14.7. The second kappa shape index (κ2) is 8.06. The van der Waals surface area contributed by atoms with Crippen molar-refractivity contribution >= 4 is 11.8 Å². The number of para-hydroxylation sites is 1. The molecule has 2 saturated heterocycles. The molecule has 1 aliphatic carbocycles. The summed E-state index contributed by atoms with van der Waals surface area (Å²) in [6.45, 7) is 2.40. The van der Waals surface area contributed by atoms with E-state index in [0.717, 1.165) is 31.2 Å². The van der Waals surface area contributed by atoms with E-state index in [1.54, 1.807) is 11.0 Å². The highest BCUT2D eigenvalue weighted by atomic mass is 19.1. The van der Waals surface area contributed by atoms with Crippen LogP contribution in [0.2, 0.25) is 0 Å². The van der Waals surface area contributed by atoms with E-state index >= 15 is 0 Å². The fraction of sp³-hybridized carbons (Fsp3) is 0.652. The predicted molar refractivity (Wildman–Crippen MR) is 109 cm³/mol. The molecule has 0 unspecified atom stereocenters. The predicted octanol–water partition coefficient (Wildman–Crippen LogP) is 2.14. The van der Waals surface area contributed by atoms with Crippen molar-refractivity contribution in [2.45, 2.75) is 68.7 Å². The lowest BCUT2D eigenvalue weighted by atomic mass is 9.82. The molecule has 2 amide bonds. The summed E-state index contributed by atoms with van der Waals surface area (Å²) in [6.07, 6.45) is 4.16. The minimum Gasteiger partial charge on any atom is -0.480 e. The standard InChI is InChI=1S/C23H29FN2O5/c1-14-9-23(13-29-11-20(27)25-23)19-10-30-16-7-5-15(6-8-16)17-3-2-4-18(24)22(17)31-12-21(28)26(14)19/h2-4,14-16,19H,5-13H2,1H3,(H,25,27)/t14-,15-,16+,19-,23+/m1/s1. The van der Waals surface area contributed by atoms with Crippen LogP contribution in [0.1, 0.15) is 50.5 Å². The maximum Gasteiger partial charge on any atom is 0.261 e. The number of ether oxygens (including phenoxy) is 3. The quantitative estimate of drug-likeness (QED) is 0.680. The van der Waals surface area contributed by atoms with Crippen LogP contribution in [0.15, 0.2) is 18.2 Å². The van der Waals surface area contributed by atoms with Gasteiger partial charge in [0, 0.05) is 11.6 Å². The van der Waals surface area contributed by atoms with E-state index in [9.17, 15) is 14.0 Å². The smallest absolute Gasteiger partial charge is 0.261 e. The number of nitrogens with one attached hydrogen (secondary N) is 1. The third-order valence-corrected chi connectivity index (χ3v) is 7.32. The van der Waals surface area contributed by atoms with Crippen LogP contribution in [-0.2, 0) is 19.1 Å². The number of amides is 2. The molecular weight excluding hydrogens is 403 g/mol. The molecule has 1 N–H and O–H groups in total. The monoisotopic (exact) mass is 432 g/mol. The lowest BCUT2D eigenvalue weighted by Gasteiger charge is -2.41. The van der Waals surface area contributed by atoms with Crippen molar-refractivity contribution in [3.05, 3.63) is 29.6 Å². The second-order valence-electron chi connectivity index (χ2n) is 9.32. The summed E-state index contributed by atoms with van der Waals surface area (Å²) in [4.78, 5) is 27.2. The third-order valence-electron chi connectivity index (χ3n) is 7.32.